The molecule has 0 atom stereocenters. The Labute approximate surface area is 113 Å². The molecular formula is C11H14ClF3N2O2. The van der Waals surface area contributed by atoms with Crippen molar-refractivity contribution in [1.82, 2.24) is 9.55 Å². The lowest BCUT2D eigenvalue weighted by atomic mass is 10.2. The molecule has 19 heavy (non-hydrogen) atoms. The standard InChI is InChI=1S/C11H14ClF3N2O2/c1-7(2)10-16-8(12)5-9(18)17(10)3-4-19-6-11(13,14)15/h5,7H,3-4,6H2,1-2H3. The molecule has 1 heterocycles. The third-order valence-corrected chi connectivity index (χ3v) is 2.44. The van der Waals surface area contributed by atoms with Crippen LogP contribution in [0.2, 0.25) is 5.15 Å². The van der Waals surface area contributed by atoms with Crippen molar-refractivity contribution in [3.05, 3.63) is 27.4 Å². The van der Waals surface area contributed by atoms with Gasteiger partial charge in [0.1, 0.15) is 17.6 Å². The summed E-state index contributed by atoms with van der Waals surface area (Å²) >= 11 is 5.68. The fourth-order valence-corrected chi connectivity index (χ4v) is 1.68. The van der Waals surface area contributed by atoms with Crippen molar-refractivity contribution in [1.29, 1.82) is 0 Å². The Morgan fingerprint density at radius 1 is 1.47 bits per heavy atom. The molecule has 0 aromatic carbocycles. The average molecular weight is 299 g/mol. The first-order chi connectivity index (χ1) is 8.70. The summed E-state index contributed by atoms with van der Waals surface area (Å²) in [5.74, 6) is 0.349. The predicted octanol–water partition coefficient (Wildman–Crippen LogP) is 2.60. The smallest absolute Gasteiger partial charge is 0.370 e. The molecule has 0 aliphatic rings. The van der Waals surface area contributed by atoms with Gasteiger partial charge in [-0.25, -0.2) is 4.98 Å². The molecule has 1 aromatic rings. The summed E-state index contributed by atoms with van der Waals surface area (Å²) < 4.78 is 41.4. The van der Waals surface area contributed by atoms with Crippen LogP contribution in [0.1, 0.15) is 25.6 Å². The van der Waals surface area contributed by atoms with Gasteiger partial charge in [0.2, 0.25) is 0 Å². The summed E-state index contributed by atoms with van der Waals surface area (Å²) in [7, 11) is 0. The van der Waals surface area contributed by atoms with Gasteiger partial charge >= 0.3 is 6.18 Å². The van der Waals surface area contributed by atoms with Gasteiger partial charge < -0.3 is 4.74 Å². The molecule has 0 radical (unpaired) electrons. The van der Waals surface area contributed by atoms with Crippen LogP contribution in [-0.2, 0) is 11.3 Å². The number of rotatable bonds is 5. The molecular weight excluding hydrogens is 285 g/mol. The van der Waals surface area contributed by atoms with Crippen LogP contribution in [0, 0.1) is 0 Å². The number of hydrogen-bond donors (Lipinski definition) is 0. The highest BCUT2D eigenvalue weighted by Gasteiger charge is 2.27. The predicted molar refractivity (Wildman–Crippen MR) is 64.5 cm³/mol. The summed E-state index contributed by atoms with van der Waals surface area (Å²) in [6.45, 7) is 2.07. The van der Waals surface area contributed by atoms with E-state index in [1.54, 1.807) is 0 Å². The SMILES string of the molecule is CC(C)c1nc(Cl)cc(=O)n1CCOCC(F)(F)F. The molecule has 0 N–H and O–H groups in total. The maximum Gasteiger partial charge on any atom is 0.411 e. The van der Waals surface area contributed by atoms with Gasteiger partial charge in [0.25, 0.3) is 5.56 Å². The molecule has 0 saturated heterocycles. The number of halogens is 4. The van der Waals surface area contributed by atoms with Gasteiger partial charge in [0.05, 0.1) is 13.2 Å². The molecule has 108 valence electrons. The molecule has 0 fully saturated rings. The maximum absolute atomic E-state index is 11.9. The van der Waals surface area contributed by atoms with E-state index < -0.39 is 18.3 Å². The lowest BCUT2D eigenvalue weighted by molar-refractivity contribution is -0.174. The fraction of sp³-hybridized carbons (Fsp3) is 0.636. The van der Waals surface area contributed by atoms with E-state index in [9.17, 15) is 18.0 Å². The minimum Gasteiger partial charge on any atom is -0.370 e. The molecule has 0 spiro atoms. The van der Waals surface area contributed by atoms with Crippen LogP contribution in [0.5, 0.6) is 0 Å². The zero-order valence-corrected chi connectivity index (χ0v) is 11.3. The molecule has 4 nitrogen and oxygen atoms in total. The number of nitrogens with zero attached hydrogens (tertiary/aromatic N) is 2. The normalized spacial score (nSPS) is 12.2. The van der Waals surface area contributed by atoms with Crippen molar-refractivity contribution in [2.45, 2.75) is 32.5 Å². The van der Waals surface area contributed by atoms with E-state index in [1.165, 1.54) is 4.57 Å². The minimum atomic E-state index is -4.37. The number of hydrogen-bond acceptors (Lipinski definition) is 3. The van der Waals surface area contributed by atoms with Crippen molar-refractivity contribution in [3.63, 3.8) is 0 Å². The van der Waals surface area contributed by atoms with Crippen molar-refractivity contribution >= 4 is 11.6 Å². The summed E-state index contributed by atoms with van der Waals surface area (Å²) in [5.41, 5.74) is -0.403. The fourth-order valence-electron chi connectivity index (χ4n) is 1.50. The Morgan fingerprint density at radius 3 is 2.63 bits per heavy atom. The van der Waals surface area contributed by atoms with Crippen molar-refractivity contribution in [2.24, 2.45) is 0 Å². The highest BCUT2D eigenvalue weighted by Crippen LogP contribution is 2.15. The first kappa shape index (κ1) is 16.0. The van der Waals surface area contributed by atoms with E-state index in [0.29, 0.717) is 5.82 Å². The van der Waals surface area contributed by atoms with Crippen molar-refractivity contribution < 1.29 is 17.9 Å². The second kappa shape index (κ2) is 6.38. The van der Waals surface area contributed by atoms with E-state index >= 15 is 0 Å². The minimum absolute atomic E-state index is 0.00654. The van der Waals surface area contributed by atoms with E-state index in [4.69, 9.17) is 11.6 Å². The van der Waals surface area contributed by atoms with Crippen LogP contribution in [0.15, 0.2) is 10.9 Å². The van der Waals surface area contributed by atoms with Gasteiger partial charge in [-0.1, -0.05) is 25.4 Å². The number of aromatic nitrogens is 2. The van der Waals surface area contributed by atoms with Crippen molar-refractivity contribution in [2.75, 3.05) is 13.2 Å². The Kier molecular flexibility index (Phi) is 5.37. The van der Waals surface area contributed by atoms with Gasteiger partial charge in [0.15, 0.2) is 0 Å². The largest absolute Gasteiger partial charge is 0.411 e. The van der Waals surface area contributed by atoms with E-state index in [2.05, 4.69) is 9.72 Å². The second-order valence-electron chi connectivity index (χ2n) is 4.25. The Morgan fingerprint density at radius 2 is 2.11 bits per heavy atom. The first-order valence-corrected chi connectivity index (χ1v) is 6.00. The quantitative estimate of drug-likeness (QED) is 0.620. The zero-order valence-electron chi connectivity index (χ0n) is 10.5. The Bertz CT molecular complexity index is 486. The van der Waals surface area contributed by atoms with Crippen LogP contribution in [0.3, 0.4) is 0 Å². The summed E-state index contributed by atoms with van der Waals surface area (Å²) in [5, 5.41) is 0.0705. The number of ether oxygens (including phenoxy) is 1. The van der Waals surface area contributed by atoms with E-state index in [-0.39, 0.29) is 24.2 Å². The zero-order chi connectivity index (χ0) is 14.6. The van der Waals surface area contributed by atoms with Crippen LogP contribution in [-0.4, -0.2) is 28.9 Å². The summed E-state index contributed by atoms with van der Waals surface area (Å²) in [6.07, 6.45) is -4.37. The highest BCUT2D eigenvalue weighted by molar-refractivity contribution is 6.29. The van der Waals surface area contributed by atoms with Gasteiger partial charge in [-0.05, 0) is 0 Å². The van der Waals surface area contributed by atoms with Gasteiger partial charge in [-0.3, -0.25) is 9.36 Å². The average Bonchev–Trinajstić information content (AvgIpc) is 2.24. The van der Waals surface area contributed by atoms with Crippen LogP contribution < -0.4 is 5.56 Å². The molecule has 1 aromatic heterocycles. The summed E-state index contributed by atoms with van der Waals surface area (Å²) in [6, 6.07) is 1.12. The Balaban J connectivity index is 2.75. The van der Waals surface area contributed by atoms with E-state index in [0.717, 1.165) is 6.07 Å². The van der Waals surface area contributed by atoms with Crippen molar-refractivity contribution in [3.8, 4) is 0 Å². The molecule has 0 amide bonds. The number of alkyl halides is 3. The lowest BCUT2D eigenvalue weighted by Crippen LogP contribution is -2.28. The third-order valence-electron chi connectivity index (χ3n) is 2.25. The van der Waals surface area contributed by atoms with E-state index in [1.807, 2.05) is 13.8 Å². The molecule has 0 aliphatic heterocycles. The van der Waals surface area contributed by atoms with Crippen LogP contribution in [0.4, 0.5) is 13.2 Å². The topological polar surface area (TPSA) is 44.1 Å². The first-order valence-electron chi connectivity index (χ1n) is 5.62. The Hall–Kier alpha value is -1.08. The van der Waals surface area contributed by atoms with Gasteiger partial charge in [-0.2, -0.15) is 13.2 Å². The molecule has 0 saturated carbocycles. The second-order valence-corrected chi connectivity index (χ2v) is 4.64. The van der Waals surface area contributed by atoms with Gasteiger partial charge in [0, 0.05) is 12.0 Å². The third kappa shape index (κ3) is 5.20. The molecule has 1 rings (SSSR count). The molecule has 0 aliphatic carbocycles. The summed E-state index contributed by atoms with van der Waals surface area (Å²) in [4.78, 5) is 15.7. The molecule has 8 heteroatoms. The highest BCUT2D eigenvalue weighted by atomic mass is 35.5. The molecule has 0 bridgehead atoms. The van der Waals surface area contributed by atoms with Crippen LogP contribution >= 0.6 is 11.6 Å². The lowest BCUT2D eigenvalue weighted by Gasteiger charge is -2.15. The van der Waals surface area contributed by atoms with Crippen LogP contribution in [0.25, 0.3) is 0 Å². The monoisotopic (exact) mass is 298 g/mol. The van der Waals surface area contributed by atoms with Gasteiger partial charge in [-0.15, -0.1) is 0 Å². The maximum atomic E-state index is 11.9. The molecule has 0 unspecified atom stereocenters.